The molecule has 2 heterocycles. The minimum atomic E-state index is -1.16. The van der Waals surface area contributed by atoms with Crippen LogP contribution < -0.4 is 5.73 Å². The number of nitrogens with two attached hydrogens (primary N) is 1. The summed E-state index contributed by atoms with van der Waals surface area (Å²) < 4.78 is 6.01. The van der Waals surface area contributed by atoms with Crippen molar-refractivity contribution in [3.05, 3.63) is 82.4 Å². The Balaban J connectivity index is 0.00000272. The van der Waals surface area contributed by atoms with Crippen LogP contribution in [0.2, 0.25) is 0 Å². The number of fused-ring (bicyclic) bond motifs is 1. The molecule has 4 rings (SSSR count). The maximum absolute atomic E-state index is 13.5. The van der Waals surface area contributed by atoms with Crippen LogP contribution in [0.5, 0.6) is 0 Å². The first-order valence-corrected chi connectivity index (χ1v) is 11.2. The molecule has 2 aromatic rings. The molecule has 2 N–H and O–H groups in total. The highest BCUT2D eigenvalue weighted by molar-refractivity contribution is 8.00. The summed E-state index contributed by atoms with van der Waals surface area (Å²) in [7, 11) is 0. The quantitative estimate of drug-likeness (QED) is 0.491. The molecule has 0 spiro atoms. The number of benzene rings is 2. The number of amides is 1. The summed E-state index contributed by atoms with van der Waals surface area (Å²) in [4.78, 5) is 27.3. The smallest absolute Gasteiger partial charge is 0.319 e. The van der Waals surface area contributed by atoms with Crippen molar-refractivity contribution in [2.75, 3.05) is 12.3 Å². The summed E-state index contributed by atoms with van der Waals surface area (Å²) in [6.07, 6.45) is 0.877. The average Bonchev–Trinajstić information content (AvgIpc) is 2.77. The Labute approximate surface area is 201 Å². The Kier molecular flexibility index (Phi) is 7.60. The van der Waals surface area contributed by atoms with Crippen molar-refractivity contribution in [2.24, 2.45) is 11.1 Å². The van der Waals surface area contributed by atoms with Crippen molar-refractivity contribution in [3.63, 3.8) is 0 Å². The Bertz CT molecular complexity index is 933. The first kappa shape index (κ1) is 24.0. The van der Waals surface area contributed by atoms with E-state index >= 15 is 0 Å². The Morgan fingerprint density at radius 3 is 2.19 bits per heavy atom. The second-order valence-electron chi connectivity index (χ2n) is 7.39. The Hall–Kier alpha value is -1.70. The topological polar surface area (TPSA) is 72.6 Å². The molecular formula is C22H21Cl3N2O3S. The summed E-state index contributed by atoms with van der Waals surface area (Å²) in [6, 6.07) is 18.5. The van der Waals surface area contributed by atoms with Gasteiger partial charge in [-0.25, -0.2) is 0 Å². The van der Waals surface area contributed by atoms with Crippen LogP contribution in [0.1, 0.15) is 17.2 Å². The third kappa shape index (κ3) is 4.73. The molecule has 1 amide bonds. The number of nitrogens with zero attached hydrogens (tertiary/aromatic N) is 1. The fourth-order valence-corrected chi connectivity index (χ4v) is 5.64. The van der Waals surface area contributed by atoms with E-state index in [0.717, 1.165) is 11.1 Å². The van der Waals surface area contributed by atoms with Gasteiger partial charge < -0.3 is 15.4 Å². The zero-order valence-corrected chi connectivity index (χ0v) is 19.5. The summed E-state index contributed by atoms with van der Waals surface area (Å²) >= 11 is 13.4. The standard InChI is InChI=1S/C22H20Cl2N2O3S.ClH/c23-16(24)11-22(12-26-19(27)17(25)20(26)30-13-22)21(28)29-18(14-7-3-1-4-8-14)15-9-5-2-6-10-15;/h1-11,17-18,20H,12-13,25H2;1H/t17?,20-,22?;/m1./s1. The molecule has 0 aromatic heterocycles. The predicted molar refractivity (Wildman–Crippen MR) is 126 cm³/mol. The van der Waals surface area contributed by atoms with E-state index in [1.165, 1.54) is 17.8 Å². The molecule has 2 saturated heterocycles. The fraction of sp³-hybridized carbons (Fsp3) is 0.273. The van der Waals surface area contributed by atoms with E-state index in [9.17, 15) is 9.59 Å². The van der Waals surface area contributed by atoms with Gasteiger partial charge >= 0.3 is 5.97 Å². The van der Waals surface area contributed by atoms with E-state index in [-0.39, 0.29) is 34.7 Å². The van der Waals surface area contributed by atoms with Gasteiger partial charge in [0.25, 0.3) is 0 Å². The zero-order chi connectivity index (χ0) is 21.3. The van der Waals surface area contributed by atoms with Crippen LogP contribution in [0.4, 0.5) is 0 Å². The van der Waals surface area contributed by atoms with E-state index < -0.39 is 23.5 Å². The maximum atomic E-state index is 13.5. The lowest BCUT2D eigenvalue weighted by Crippen LogP contribution is -2.72. The molecule has 3 atom stereocenters. The number of thioether (sulfide) groups is 1. The number of esters is 1. The van der Waals surface area contributed by atoms with Crippen molar-refractivity contribution in [1.29, 1.82) is 0 Å². The second kappa shape index (κ2) is 9.84. The van der Waals surface area contributed by atoms with Crippen LogP contribution in [0, 0.1) is 5.41 Å². The summed E-state index contributed by atoms with van der Waals surface area (Å²) in [5, 5.41) is -0.139. The average molecular weight is 500 g/mol. The number of halogens is 3. The summed E-state index contributed by atoms with van der Waals surface area (Å²) in [5.41, 5.74) is 6.41. The minimum absolute atomic E-state index is 0. The Morgan fingerprint density at radius 2 is 1.68 bits per heavy atom. The molecular weight excluding hydrogens is 479 g/mol. The summed E-state index contributed by atoms with van der Waals surface area (Å²) in [5.74, 6) is -0.308. The lowest BCUT2D eigenvalue weighted by atomic mass is 9.87. The second-order valence-corrected chi connectivity index (χ2v) is 9.50. The van der Waals surface area contributed by atoms with Crippen molar-refractivity contribution in [2.45, 2.75) is 17.5 Å². The highest BCUT2D eigenvalue weighted by atomic mass is 35.5. The molecule has 164 valence electrons. The van der Waals surface area contributed by atoms with Gasteiger partial charge in [0.15, 0.2) is 6.10 Å². The molecule has 2 fully saturated rings. The van der Waals surface area contributed by atoms with Gasteiger partial charge in [-0.1, -0.05) is 83.9 Å². The molecule has 2 aromatic carbocycles. The number of hydrogen-bond donors (Lipinski definition) is 1. The normalized spacial score (nSPS) is 24.5. The molecule has 0 saturated carbocycles. The third-order valence-electron chi connectivity index (χ3n) is 5.37. The van der Waals surface area contributed by atoms with Gasteiger partial charge in [-0.15, -0.1) is 24.2 Å². The van der Waals surface area contributed by atoms with Crippen LogP contribution in [0.15, 0.2) is 71.2 Å². The van der Waals surface area contributed by atoms with Crippen molar-refractivity contribution in [1.82, 2.24) is 4.90 Å². The van der Waals surface area contributed by atoms with Crippen molar-refractivity contribution >= 4 is 59.2 Å². The number of hydrogen-bond acceptors (Lipinski definition) is 5. The number of carbonyl (C=O) groups is 2. The monoisotopic (exact) mass is 498 g/mol. The largest absolute Gasteiger partial charge is 0.452 e. The van der Waals surface area contributed by atoms with E-state index in [2.05, 4.69) is 0 Å². The van der Waals surface area contributed by atoms with Gasteiger partial charge in [-0.05, 0) is 17.2 Å². The predicted octanol–water partition coefficient (Wildman–Crippen LogP) is 4.29. The van der Waals surface area contributed by atoms with Crippen molar-refractivity contribution < 1.29 is 14.3 Å². The minimum Gasteiger partial charge on any atom is -0.452 e. The molecule has 2 unspecified atom stereocenters. The molecule has 0 radical (unpaired) electrons. The molecule has 0 bridgehead atoms. The van der Waals surface area contributed by atoms with Gasteiger partial charge in [0.1, 0.15) is 21.3 Å². The van der Waals surface area contributed by atoms with Crippen LogP contribution in [-0.4, -0.2) is 40.5 Å². The third-order valence-corrected chi connectivity index (χ3v) is 7.16. The van der Waals surface area contributed by atoms with Gasteiger partial charge in [0, 0.05) is 12.3 Å². The van der Waals surface area contributed by atoms with E-state index in [1.807, 2.05) is 60.7 Å². The number of β-lactam (4-membered cyclic amide) rings is 1. The first-order chi connectivity index (χ1) is 14.4. The Morgan fingerprint density at radius 1 is 1.13 bits per heavy atom. The lowest BCUT2D eigenvalue weighted by Gasteiger charge is -2.52. The van der Waals surface area contributed by atoms with Gasteiger partial charge in [0.2, 0.25) is 5.91 Å². The first-order valence-electron chi connectivity index (χ1n) is 9.44. The van der Waals surface area contributed by atoms with Crippen LogP contribution >= 0.6 is 47.4 Å². The van der Waals surface area contributed by atoms with Crippen LogP contribution in [-0.2, 0) is 14.3 Å². The van der Waals surface area contributed by atoms with Crippen LogP contribution in [0.3, 0.4) is 0 Å². The number of carbonyl (C=O) groups excluding carboxylic acids is 2. The SMILES string of the molecule is Cl.NC1C(=O)N2CC(C=C(Cl)Cl)(C(=O)OC(c3ccccc3)c3ccccc3)CS[C@H]12. The molecule has 0 aliphatic carbocycles. The molecule has 2 aliphatic rings. The molecule has 31 heavy (non-hydrogen) atoms. The highest BCUT2D eigenvalue weighted by Crippen LogP contribution is 2.44. The van der Waals surface area contributed by atoms with E-state index in [0.29, 0.717) is 5.75 Å². The molecule has 9 heteroatoms. The van der Waals surface area contributed by atoms with E-state index in [1.54, 1.807) is 4.90 Å². The lowest BCUT2D eigenvalue weighted by molar-refractivity contribution is -0.161. The number of rotatable bonds is 5. The zero-order valence-electron chi connectivity index (χ0n) is 16.3. The number of ether oxygens (including phenoxy) is 1. The summed E-state index contributed by atoms with van der Waals surface area (Å²) in [6.45, 7) is 0.134. The highest BCUT2D eigenvalue weighted by Gasteiger charge is 2.56. The molecule has 5 nitrogen and oxygen atoms in total. The van der Waals surface area contributed by atoms with Gasteiger partial charge in [-0.2, -0.15) is 0 Å². The van der Waals surface area contributed by atoms with E-state index in [4.69, 9.17) is 33.7 Å². The van der Waals surface area contributed by atoms with Crippen LogP contribution in [0.25, 0.3) is 0 Å². The van der Waals surface area contributed by atoms with Crippen molar-refractivity contribution in [3.8, 4) is 0 Å². The van der Waals surface area contributed by atoms with Gasteiger partial charge in [0.05, 0.1) is 0 Å². The van der Waals surface area contributed by atoms with Gasteiger partial charge in [-0.3, -0.25) is 9.59 Å². The maximum Gasteiger partial charge on any atom is 0.319 e. The fourth-order valence-electron chi connectivity index (χ4n) is 3.78. The molecule has 2 aliphatic heterocycles.